The number of carboxylic acid groups (broad SMARTS) is 1. The van der Waals surface area contributed by atoms with Crippen molar-refractivity contribution in [3.8, 4) is 0 Å². The smallest absolute Gasteiger partial charge is 0.319 e. The first-order chi connectivity index (χ1) is 9.15. The number of fused-ring (bicyclic) bond motifs is 1. The number of hydrogen-bond acceptors (Lipinski definition) is 2. The van der Waals surface area contributed by atoms with Crippen molar-refractivity contribution in [1.82, 2.24) is 0 Å². The molecule has 0 bridgehead atoms. The number of nitrogens with zero attached hydrogens (tertiary/aromatic N) is 1. The van der Waals surface area contributed by atoms with Crippen LogP contribution in [0.15, 0.2) is 24.3 Å². The standard InChI is InChI=1S/C15H17NO3/c17-13(15(14(18)19)8-4-9-15)16-10-3-6-11-5-1-2-7-12(11)16/h1-2,5,7H,3-4,6,8-10H2,(H,18,19). The number of rotatable bonds is 2. The van der Waals surface area contributed by atoms with E-state index in [9.17, 15) is 14.7 Å². The number of anilines is 1. The number of aliphatic carboxylic acids is 1. The molecule has 1 N–H and O–H groups in total. The van der Waals surface area contributed by atoms with E-state index < -0.39 is 11.4 Å². The zero-order chi connectivity index (χ0) is 13.5. The summed E-state index contributed by atoms with van der Waals surface area (Å²) >= 11 is 0. The molecular formula is C15H17NO3. The van der Waals surface area contributed by atoms with Crippen molar-refractivity contribution in [2.24, 2.45) is 5.41 Å². The number of carbonyl (C=O) groups is 2. The highest BCUT2D eigenvalue weighted by molar-refractivity contribution is 6.10. The lowest BCUT2D eigenvalue weighted by atomic mass is 9.67. The summed E-state index contributed by atoms with van der Waals surface area (Å²) in [6.45, 7) is 0.630. The first-order valence-corrected chi connectivity index (χ1v) is 6.78. The van der Waals surface area contributed by atoms with E-state index in [2.05, 4.69) is 0 Å². The van der Waals surface area contributed by atoms with Gasteiger partial charge in [0.15, 0.2) is 0 Å². The molecule has 0 aromatic heterocycles. The minimum Gasteiger partial charge on any atom is -0.480 e. The quantitative estimate of drug-likeness (QED) is 0.828. The van der Waals surface area contributed by atoms with Crippen LogP contribution in [-0.4, -0.2) is 23.5 Å². The van der Waals surface area contributed by atoms with Gasteiger partial charge in [-0.15, -0.1) is 0 Å². The maximum absolute atomic E-state index is 12.7. The minimum atomic E-state index is -1.16. The van der Waals surface area contributed by atoms with E-state index in [1.807, 2.05) is 24.3 Å². The Morgan fingerprint density at radius 2 is 1.89 bits per heavy atom. The lowest BCUT2D eigenvalue weighted by Gasteiger charge is -2.41. The summed E-state index contributed by atoms with van der Waals surface area (Å²) in [6.07, 6.45) is 3.63. The van der Waals surface area contributed by atoms with Crippen LogP contribution in [0.5, 0.6) is 0 Å². The van der Waals surface area contributed by atoms with Gasteiger partial charge in [0.25, 0.3) is 0 Å². The molecule has 1 saturated carbocycles. The van der Waals surface area contributed by atoms with Crippen LogP contribution in [0.25, 0.3) is 0 Å². The molecule has 100 valence electrons. The van der Waals surface area contributed by atoms with Crippen LogP contribution in [0, 0.1) is 5.41 Å². The Hall–Kier alpha value is -1.84. The summed E-state index contributed by atoms with van der Waals surface area (Å²) in [5.41, 5.74) is 0.873. The highest BCUT2D eigenvalue weighted by Crippen LogP contribution is 2.44. The van der Waals surface area contributed by atoms with Crippen LogP contribution >= 0.6 is 0 Å². The third-order valence-electron chi connectivity index (χ3n) is 4.38. The molecule has 1 amide bonds. The van der Waals surface area contributed by atoms with Crippen molar-refractivity contribution in [1.29, 1.82) is 0 Å². The van der Waals surface area contributed by atoms with Gasteiger partial charge in [-0.1, -0.05) is 24.6 Å². The second-order valence-corrected chi connectivity index (χ2v) is 5.43. The van der Waals surface area contributed by atoms with Crippen LogP contribution in [0.3, 0.4) is 0 Å². The van der Waals surface area contributed by atoms with E-state index in [0.717, 1.165) is 30.5 Å². The Morgan fingerprint density at radius 3 is 2.53 bits per heavy atom. The van der Waals surface area contributed by atoms with Crippen LogP contribution < -0.4 is 4.90 Å². The average Bonchev–Trinajstić information content (AvgIpc) is 2.36. The van der Waals surface area contributed by atoms with Gasteiger partial charge in [-0.05, 0) is 37.3 Å². The van der Waals surface area contributed by atoms with Crippen molar-refractivity contribution < 1.29 is 14.7 Å². The molecule has 1 fully saturated rings. The highest BCUT2D eigenvalue weighted by Gasteiger charge is 2.53. The molecule has 4 heteroatoms. The largest absolute Gasteiger partial charge is 0.480 e. The molecule has 0 spiro atoms. The molecule has 1 aliphatic heterocycles. The highest BCUT2D eigenvalue weighted by atomic mass is 16.4. The van der Waals surface area contributed by atoms with E-state index in [1.165, 1.54) is 0 Å². The Bertz CT molecular complexity index is 534. The van der Waals surface area contributed by atoms with Crippen LogP contribution in [0.4, 0.5) is 5.69 Å². The van der Waals surface area contributed by atoms with Crippen molar-refractivity contribution in [3.63, 3.8) is 0 Å². The molecular weight excluding hydrogens is 242 g/mol. The molecule has 0 radical (unpaired) electrons. The van der Waals surface area contributed by atoms with E-state index in [1.54, 1.807) is 4.90 Å². The Morgan fingerprint density at radius 1 is 1.16 bits per heavy atom. The molecule has 0 saturated heterocycles. The Kier molecular flexibility index (Phi) is 2.81. The third-order valence-corrected chi connectivity index (χ3v) is 4.38. The van der Waals surface area contributed by atoms with Crippen LogP contribution in [0.2, 0.25) is 0 Å². The minimum absolute atomic E-state index is 0.224. The molecule has 1 aliphatic carbocycles. The average molecular weight is 259 g/mol. The van der Waals surface area contributed by atoms with Crippen LogP contribution in [-0.2, 0) is 16.0 Å². The van der Waals surface area contributed by atoms with Crippen molar-refractivity contribution in [2.45, 2.75) is 32.1 Å². The van der Waals surface area contributed by atoms with Gasteiger partial charge in [0.1, 0.15) is 5.41 Å². The molecule has 1 heterocycles. The molecule has 2 aliphatic rings. The number of para-hydroxylation sites is 1. The van der Waals surface area contributed by atoms with E-state index >= 15 is 0 Å². The fraction of sp³-hybridized carbons (Fsp3) is 0.467. The third kappa shape index (κ3) is 1.74. The summed E-state index contributed by atoms with van der Waals surface area (Å²) < 4.78 is 0. The van der Waals surface area contributed by atoms with Gasteiger partial charge in [0.2, 0.25) is 5.91 Å². The van der Waals surface area contributed by atoms with Gasteiger partial charge in [-0.3, -0.25) is 9.59 Å². The predicted molar refractivity (Wildman–Crippen MR) is 71.0 cm³/mol. The molecule has 1 aromatic carbocycles. The van der Waals surface area contributed by atoms with Gasteiger partial charge in [-0.2, -0.15) is 0 Å². The summed E-state index contributed by atoms with van der Waals surface area (Å²) in [5.74, 6) is -1.19. The normalized spacial score (nSPS) is 20.3. The number of aryl methyl sites for hydroxylation is 1. The zero-order valence-corrected chi connectivity index (χ0v) is 10.8. The number of benzene rings is 1. The van der Waals surface area contributed by atoms with E-state index in [0.29, 0.717) is 19.4 Å². The lowest BCUT2D eigenvalue weighted by Crippen LogP contribution is -2.53. The molecule has 0 unspecified atom stereocenters. The van der Waals surface area contributed by atoms with Crippen LogP contribution in [0.1, 0.15) is 31.2 Å². The van der Waals surface area contributed by atoms with Gasteiger partial charge in [0.05, 0.1) is 0 Å². The van der Waals surface area contributed by atoms with E-state index in [-0.39, 0.29) is 5.91 Å². The van der Waals surface area contributed by atoms with Crippen molar-refractivity contribution in [2.75, 3.05) is 11.4 Å². The summed E-state index contributed by atoms with van der Waals surface area (Å²) in [5, 5.41) is 9.39. The molecule has 0 atom stereocenters. The fourth-order valence-electron chi connectivity index (χ4n) is 3.05. The van der Waals surface area contributed by atoms with Gasteiger partial charge >= 0.3 is 5.97 Å². The van der Waals surface area contributed by atoms with E-state index in [4.69, 9.17) is 0 Å². The number of amides is 1. The Labute approximate surface area is 112 Å². The predicted octanol–water partition coefficient (Wildman–Crippen LogP) is 2.22. The maximum atomic E-state index is 12.7. The van der Waals surface area contributed by atoms with Crippen molar-refractivity contribution >= 4 is 17.6 Å². The zero-order valence-electron chi connectivity index (χ0n) is 10.8. The fourth-order valence-corrected chi connectivity index (χ4v) is 3.05. The second kappa shape index (κ2) is 4.37. The molecule has 1 aromatic rings. The monoisotopic (exact) mass is 259 g/mol. The molecule has 4 nitrogen and oxygen atoms in total. The first-order valence-electron chi connectivity index (χ1n) is 6.78. The maximum Gasteiger partial charge on any atom is 0.319 e. The van der Waals surface area contributed by atoms with Crippen molar-refractivity contribution in [3.05, 3.63) is 29.8 Å². The van der Waals surface area contributed by atoms with Gasteiger partial charge in [0, 0.05) is 12.2 Å². The number of hydrogen-bond donors (Lipinski definition) is 1. The first kappa shape index (κ1) is 12.2. The number of carboxylic acids is 1. The number of carbonyl (C=O) groups excluding carboxylic acids is 1. The summed E-state index contributed by atoms with van der Waals surface area (Å²) in [7, 11) is 0. The Balaban J connectivity index is 1.95. The molecule has 19 heavy (non-hydrogen) atoms. The second-order valence-electron chi connectivity index (χ2n) is 5.43. The SMILES string of the molecule is O=C(O)C1(C(=O)N2CCCc3ccccc32)CCC1. The topological polar surface area (TPSA) is 57.6 Å². The molecule has 3 rings (SSSR count). The lowest BCUT2D eigenvalue weighted by molar-refractivity contribution is -0.160. The van der Waals surface area contributed by atoms with Gasteiger partial charge < -0.3 is 10.0 Å². The summed E-state index contributed by atoms with van der Waals surface area (Å²) in [6, 6.07) is 7.80. The summed E-state index contributed by atoms with van der Waals surface area (Å²) in [4.78, 5) is 25.8. The van der Waals surface area contributed by atoms with Gasteiger partial charge in [-0.25, -0.2) is 0 Å².